The van der Waals surface area contributed by atoms with Gasteiger partial charge in [-0.1, -0.05) is 13.3 Å². The van der Waals surface area contributed by atoms with E-state index in [1.54, 1.807) is 0 Å². The molecule has 0 spiro atoms. The molecule has 2 bridgehead atoms. The van der Waals surface area contributed by atoms with Gasteiger partial charge in [-0.25, -0.2) is 0 Å². The third-order valence-corrected chi connectivity index (χ3v) is 4.89. The molecule has 2 saturated carbocycles. The molecule has 1 N–H and O–H groups in total. The van der Waals surface area contributed by atoms with Crippen LogP contribution in [0.2, 0.25) is 0 Å². The van der Waals surface area contributed by atoms with Gasteiger partial charge >= 0.3 is 0 Å². The molecule has 2 aliphatic carbocycles. The number of hydrogen-bond donors (Lipinski definition) is 1. The second-order valence-corrected chi connectivity index (χ2v) is 6.18. The van der Waals surface area contributed by atoms with Crippen LogP contribution in [0.15, 0.2) is 12.3 Å². The summed E-state index contributed by atoms with van der Waals surface area (Å²) in [7, 11) is 2.02. The van der Waals surface area contributed by atoms with Gasteiger partial charge in [-0.15, -0.1) is 0 Å². The third-order valence-electron chi connectivity index (χ3n) is 4.89. The molecular formula is C15H25N3. The van der Waals surface area contributed by atoms with E-state index >= 15 is 0 Å². The molecule has 4 unspecified atom stereocenters. The number of nitrogens with one attached hydrogen (secondary N) is 1. The van der Waals surface area contributed by atoms with Gasteiger partial charge in [0.15, 0.2) is 0 Å². The molecule has 100 valence electrons. The summed E-state index contributed by atoms with van der Waals surface area (Å²) in [5.41, 5.74) is 1.25. The number of aromatic nitrogens is 2. The Bertz CT molecular complexity index is 398. The van der Waals surface area contributed by atoms with Crippen molar-refractivity contribution in [2.45, 2.75) is 45.1 Å². The largest absolute Gasteiger partial charge is 0.308 e. The van der Waals surface area contributed by atoms with Crippen molar-refractivity contribution in [1.82, 2.24) is 15.1 Å². The van der Waals surface area contributed by atoms with Gasteiger partial charge in [0.1, 0.15) is 0 Å². The minimum atomic E-state index is 0.487. The summed E-state index contributed by atoms with van der Waals surface area (Å²) in [5, 5.41) is 8.40. The number of rotatable bonds is 5. The first-order valence-electron chi connectivity index (χ1n) is 7.51. The molecule has 2 fully saturated rings. The Morgan fingerprint density at radius 3 is 2.89 bits per heavy atom. The molecule has 0 aromatic carbocycles. The van der Waals surface area contributed by atoms with Crippen LogP contribution in [0.3, 0.4) is 0 Å². The lowest BCUT2D eigenvalue weighted by Crippen LogP contribution is -2.32. The van der Waals surface area contributed by atoms with E-state index in [1.165, 1.54) is 37.8 Å². The molecule has 3 nitrogen and oxygen atoms in total. The third kappa shape index (κ3) is 2.20. The summed E-state index contributed by atoms with van der Waals surface area (Å²) >= 11 is 0. The van der Waals surface area contributed by atoms with E-state index < -0.39 is 0 Å². The van der Waals surface area contributed by atoms with Crippen LogP contribution < -0.4 is 5.32 Å². The van der Waals surface area contributed by atoms with Crippen molar-refractivity contribution in [2.75, 3.05) is 6.54 Å². The van der Waals surface area contributed by atoms with Gasteiger partial charge in [-0.3, -0.25) is 4.68 Å². The second-order valence-electron chi connectivity index (χ2n) is 6.18. The molecule has 1 aromatic heterocycles. The first kappa shape index (κ1) is 12.2. The summed E-state index contributed by atoms with van der Waals surface area (Å²) in [5.74, 6) is 2.78. The van der Waals surface area contributed by atoms with E-state index in [0.717, 1.165) is 24.3 Å². The van der Waals surface area contributed by atoms with Gasteiger partial charge in [0.2, 0.25) is 0 Å². The second kappa shape index (κ2) is 5.04. The highest BCUT2D eigenvalue weighted by molar-refractivity contribution is 5.10. The maximum atomic E-state index is 4.65. The van der Waals surface area contributed by atoms with Crippen molar-refractivity contribution in [1.29, 1.82) is 0 Å². The Morgan fingerprint density at radius 1 is 1.44 bits per heavy atom. The Morgan fingerprint density at radius 2 is 2.33 bits per heavy atom. The zero-order valence-electron chi connectivity index (χ0n) is 11.6. The van der Waals surface area contributed by atoms with Crippen LogP contribution >= 0.6 is 0 Å². The first-order chi connectivity index (χ1) is 8.78. The Labute approximate surface area is 110 Å². The predicted octanol–water partition coefficient (Wildman–Crippen LogP) is 2.90. The van der Waals surface area contributed by atoms with Crippen LogP contribution in [0.4, 0.5) is 0 Å². The average molecular weight is 247 g/mol. The maximum absolute atomic E-state index is 4.65. The number of fused-ring (bicyclic) bond motifs is 2. The zero-order valence-corrected chi connectivity index (χ0v) is 11.6. The van der Waals surface area contributed by atoms with E-state index in [4.69, 9.17) is 0 Å². The lowest BCUT2D eigenvalue weighted by Gasteiger charge is -2.30. The van der Waals surface area contributed by atoms with Crippen LogP contribution in [-0.2, 0) is 7.05 Å². The molecule has 0 saturated heterocycles. The number of nitrogens with zero attached hydrogens (tertiary/aromatic N) is 2. The Balaban J connectivity index is 1.77. The minimum absolute atomic E-state index is 0.487. The summed E-state index contributed by atoms with van der Waals surface area (Å²) < 4.78 is 1.93. The molecule has 0 aliphatic heterocycles. The van der Waals surface area contributed by atoms with E-state index in [-0.39, 0.29) is 0 Å². The van der Waals surface area contributed by atoms with Crippen molar-refractivity contribution in [2.24, 2.45) is 24.8 Å². The smallest absolute Gasteiger partial charge is 0.0796 e. The SMILES string of the molecule is CCCNC(c1ccn(C)n1)C1CC2CCC1C2. The predicted molar refractivity (Wildman–Crippen MR) is 73.2 cm³/mol. The summed E-state index contributed by atoms with van der Waals surface area (Å²) in [6.45, 7) is 3.35. The van der Waals surface area contributed by atoms with Crippen molar-refractivity contribution >= 4 is 0 Å². The van der Waals surface area contributed by atoms with Crippen LogP contribution in [0.25, 0.3) is 0 Å². The average Bonchev–Trinajstić information content (AvgIpc) is 3.06. The fourth-order valence-corrected chi connectivity index (χ4v) is 4.08. The van der Waals surface area contributed by atoms with Crippen LogP contribution in [-0.4, -0.2) is 16.3 Å². The van der Waals surface area contributed by atoms with E-state index in [9.17, 15) is 0 Å². The summed E-state index contributed by atoms with van der Waals surface area (Å²) in [6.07, 6.45) is 9.09. The van der Waals surface area contributed by atoms with Gasteiger partial charge in [-0.05, 0) is 56.0 Å². The van der Waals surface area contributed by atoms with Gasteiger partial charge in [0.25, 0.3) is 0 Å². The van der Waals surface area contributed by atoms with Crippen LogP contribution in [0, 0.1) is 17.8 Å². The standard InChI is InChI=1S/C15H25N3/c1-3-7-16-15(14-6-8-18(2)17-14)13-10-11-4-5-12(13)9-11/h6,8,11-13,15-16H,3-5,7,9-10H2,1-2H3. The molecule has 4 atom stereocenters. The van der Waals surface area contributed by atoms with E-state index in [0.29, 0.717) is 6.04 Å². The highest BCUT2D eigenvalue weighted by Gasteiger charge is 2.43. The normalized spacial score (nSPS) is 32.0. The highest BCUT2D eigenvalue weighted by Crippen LogP contribution is 2.52. The topological polar surface area (TPSA) is 29.9 Å². The minimum Gasteiger partial charge on any atom is -0.308 e. The monoisotopic (exact) mass is 247 g/mol. The Hall–Kier alpha value is -0.830. The molecule has 18 heavy (non-hydrogen) atoms. The van der Waals surface area contributed by atoms with Crippen molar-refractivity contribution in [3.63, 3.8) is 0 Å². The maximum Gasteiger partial charge on any atom is 0.0796 e. The lowest BCUT2D eigenvalue weighted by atomic mass is 9.82. The van der Waals surface area contributed by atoms with E-state index in [1.807, 2.05) is 11.7 Å². The van der Waals surface area contributed by atoms with Gasteiger partial charge in [0, 0.05) is 13.2 Å². The van der Waals surface area contributed by atoms with Crippen molar-refractivity contribution in [3.05, 3.63) is 18.0 Å². The number of hydrogen-bond acceptors (Lipinski definition) is 2. The highest BCUT2D eigenvalue weighted by atomic mass is 15.3. The summed E-state index contributed by atoms with van der Waals surface area (Å²) in [4.78, 5) is 0. The molecule has 1 aromatic rings. The van der Waals surface area contributed by atoms with Crippen molar-refractivity contribution in [3.8, 4) is 0 Å². The summed E-state index contributed by atoms with van der Waals surface area (Å²) in [6, 6.07) is 2.68. The molecule has 0 radical (unpaired) electrons. The fraction of sp³-hybridized carbons (Fsp3) is 0.800. The van der Waals surface area contributed by atoms with E-state index in [2.05, 4.69) is 29.6 Å². The molecule has 1 heterocycles. The lowest BCUT2D eigenvalue weighted by molar-refractivity contribution is 0.246. The fourth-order valence-electron chi connectivity index (χ4n) is 4.08. The first-order valence-corrected chi connectivity index (χ1v) is 7.51. The quantitative estimate of drug-likeness (QED) is 0.867. The molecular weight excluding hydrogens is 222 g/mol. The molecule has 2 aliphatic rings. The Kier molecular flexibility index (Phi) is 3.42. The van der Waals surface area contributed by atoms with Crippen molar-refractivity contribution < 1.29 is 0 Å². The molecule has 0 amide bonds. The number of aryl methyl sites for hydroxylation is 1. The van der Waals surface area contributed by atoms with Gasteiger partial charge < -0.3 is 5.32 Å². The van der Waals surface area contributed by atoms with Crippen LogP contribution in [0.5, 0.6) is 0 Å². The van der Waals surface area contributed by atoms with Gasteiger partial charge in [-0.2, -0.15) is 5.10 Å². The van der Waals surface area contributed by atoms with Crippen LogP contribution in [0.1, 0.15) is 50.8 Å². The molecule has 3 heteroatoms. The zero-order chi connectivity index (χ0) is 12.5. The van der Waals surface area contributed by atoms with Gasteiger partial charge in [0.05, 0.1) is 11.7 Å². The molecule has 3 rings (SSSR count).